The lowest BCUT2D eigenvalue weighted by Crippen LogP contribution is -2.15. The first-order chi connectivity index (χ1) is 12.8. The first-order valence-electron chi connectivity index (χ1n) is 8.28. The average molecular weight is 407 g/mol. The molecule has 0 unspecified atom stereocenters. The fourth-order valence-electron chi connectivity index (χ4n) is 2.51. The number of nitrogens with zero attached hydrogens (tertiary/aromatic N) is 1. The van der Waals surface area contributed by atoms with Gasteiger partial charge in [0, 0.05) is 10.9 Å². The highest BCUT2D eigenvalue weighted by Gasteiger charge is 2.22. The minimum Gasteiger partial charge on any atom is -0.492 e. The Bertz CT molecular complexity index is 1080. The van der Waals surface area contributed by atoms with Crippen LogP contribution in [0.25, 0.3) is 11.3 Å². The third-order valence-electron chi connectivity index (χ3n) is 3.87. The molecule has 0 saturated carbocycles. The Morgan fingerprint density at radius 2 is 1.96 bits per heavy atom. The molecular weight excluding hydrogens is 387 g/mol. The van der Waals surface area contributed by atoms with Gasteiger partial charge in [-0.25, -0.2) is 17.8 Å². The van der Waals surface area contributed by atoms with E-state index in [9.17, 15) is 12.8 Å². The molecule has 0 fully saturated rings. The van der Waals surface area contributed by atoms with Gasteiger partial charge in [0.05, 0.1) is 23.0 Å². The van der Waals surface area contributed by atoms with Crippen molar-refractivity contribution in [2.75, 3.05) is 11.3 Å². The summed E-state index contributed by atoms with van der Waals surface area (Å²) < 4.78 is 47.6. The Morgan fingerprint density at radius 3 is 2.59 bits per heavy atom. The van der Waals surface area contributed by atoms with Crippen molar-refractivity contribution in [2.24, 2.45) is 0 Å². The highest BCUT2D eigenvalue weighted by Crippen LogP contribution is 2.32. The average Bonchev–Trinajstić information content (AvgIpc) is 3.05. The van der Waals surface area contributed by atoms with E-state index in [1.165, 1.54) is 29.5 Å². The summed E-state index contributed by atoms with van der Waals surface area (Å²) >= 11 is 1.48. The summed E-state index contributed by atoms with van der Waals surface area (Å²) in [7, 11) is -3.99. The predicted molar refractivity (Wildman–Crippen MR) is 105 cm³/mol. The summed E-state index contributed by atoms with van der Waals surface area (Å²) in [6.07, 6.45) is 0. The van der Waals surface area contributed by atoms with Crippen LogP contribution in [0.3, 0.4) is 0 Å². The lowest BCUT2D eigenvalue weighted by atomic mass is 10.2. The van der Waals surface area contributed by atoms with Crippen LogP contribution in [0.2, 0.25) is 0 Å². The van der Waals surface area contributed by atoms with E-state index in [-0.39, 0.29) is 16.3 Å². The number of aromatic nitrogens is 1. The van der Waals surface area contributed by atoms with Crippen LogP contribution >= 0.6 is 11.3 Å². The third-order valence-corrected chi connectivity index (χ3v) is 6.05. The summed E-state index contributed by atoms with van der Waals surface area (Å²) in [5.41, 5.74) is 1.95. The SMILES string of the molecule is CCOc1ccc(-c2csc(C)n2)cc1S(=O)(=O)Nc1ccc(C)c(F)c1. The quantitative estimate of drug-likeness (QED) is 0.640. The molecule has 142 valence electrons. The number of nitrogens with one attached hydrogen (secondary N) is 1. The van der Waals surface area contributed by atoms with Gasteiger partial charge in [-0.05, 0) is 56.7 Å². The number of rotatable bonds is 6. The normalized spacial score (nSPS) is 11.4. The number of hydrogen-bond donors (Lipinski definition) is 1. The first kappa shape index (κ1) is 19.3. The standard InChI is InChI=1S/C19H19FN2O3S2/c1-4-25-18-8-6-14(17-11-26-13(3)21-17)9-19(18)27(23,24)22-15-7-5-12(2)16(20)10-15/h5-11,22H,4H2,1-3H3. The monoisotopic (exact) mass is 406 g/mol. The van der Waals surface area contributed by atoms with Crippen LogP contribution in [-0.2, 0) is 10.0 Å². The molecule has 0 amide bonds. The van der Waals surface area contributed by atoms with Gasteiger partial charge >= 0.3 is 0 Å². The first-order valence-corrected chi connectivity index (χ1v) is 10.6. The number of benzene rings is 2. The van der Waals surface area contributed by atoms with Crippen molar-refractivity contribution in [3.63, 3.8) is 0 Å². The van der Waals surface area contributed by atoms with Crippen molar-refractivity contribution < 1.29 is 17.5 Å². The summed E-state index contributed by atoms with van der Waals surface area (Å²) in [5, 5.41) is 2.75. The zero-order chi connectivity index (χ0) is 19.6. The molecule has 0 radical (unpaired) electrons. The molecule has 1 aromatic heterocycles. The molecule has 5 nitrogen and oxygen atoms in total. The van der Waals surface area contributed by atoms with Crippen LogP contribution in [-0.4, -0.2) is 20.0 Å². The fourth-order valence-corrected chi connectivity index (χ4v) is 4.36. The molecule has 2 aromatic carbocycles. The topological polar surface area (TPSA) is 68.3 Å². The van der Waals surface area contributed by atoms with Crippen molar-refractivity contribution in [2.45, 2.75) is 25.7 Å². The second kappa shape index (κ2) is 7.66. The van der Waals surface area contributed by atoms with Crippen LogP contribution in [0.1, 0.15) is 17.5 Å². The van der Waals surface area contributed by atoms with Crippen LogP contribution in [0.15, 0.2) is 46.7 Å². The summed E-state index contributed by atoms with van der Waals surface area (Å²) in [6, 6.07) is 9.09. The molecule has 0 aliphatic rings. The molecule has 1 heterocycles. The van der Waals surface area contributed by atoms with E-state index in [2.05, 4.69) is 9.71 Å². The fraction of sp³-hybridized carbons (Fsp3) is 0.211. The Kier molecular flexibility index (Phi) is 5.48. The van der Waals surface area contributed by atoms with Crippen LogP contribution in [0.5, 0.6) is 5.75 Å². The molecule has 0 spiro atoms. The van der Waals surface area contributed by atoms with Crippen LogP contribution in [0, 0.1) is 19.7 Å². The van der Waals surface area contributed by atoms with Crippen molar-refractivity contribution in [1.29, 1.82) is 0 Å². The number of hydrogen-bond acceptors (Lipinski definition) is 5. The van der Waals surface area contributed by atoms with Crippen molar-refractivity contribution in [3.8, 4) is 17.0 Å². The number of aryl methyl sites for hydroxylation is 2. The Labute approximate surface area is 161 Å². The minimum atomic E-state index is -3.99. The molecule has 0 atom stereocenters. The van der Waals surface area contributed by atoms with Crippen LogP contribution < -0.4 is 9.46 Å². The van der Waals surface area contributed by atoms with E-state index in [4.69, 9.17) is 4.74 Å². The van der Waals surface area contributed by atoms with Gasteiger partial charge in [-0.2, -0.15) is 0 Å². The molecule has 0 aliphatic heterocycles. The lowest BCUT2D eigenvalue weighted by molar-refractivity contribution is 0.331. The van der Waals surface area contributed by atoms with Gasteiger partial charge in [-0.1, -0.05) is 6.07 Å². The highest BCUT2D eigenvalue weighted by molar-refractivity contribution is 7.92. The molecule has 0 saturated heterocycles. The van der Waals surface area contributed by atoms with E-state index < -0.39 is 15.8 Å². The Balaban J connectivity index is 2.04. The predicted octanol–water partition coefficient (Wildman–Crippen LogP) is 4.77. The number of sulfonamides is 1. The Morgan fingerprint density at radius 1 is 1.19 bits per heavy atom. The maximum atomic E-state index is 13.8. The zero-order valence-electron chi connectivity index (χ0n) is 15.1. The largest absolute Gasteiger partial charge is 0.492 e. The van der Waals surface area contributed by atoms with Crippen molar-refractivity contribution in [1.82, 2.24) is 4.98 Å². The minimum absolute atomic E-state index is 0.0199. The van der Waals surface area contributed by atoms with Gasteiger partial charge in [0.1, 0.15) is 16.5 Å². The zero-order valence-corrected chi connectivity index (χ0v) is 16.7. The molecule has 27 heavy (non-hydrogen) atoms. The van der Waals surface area contributed by atoms with E-state index in [1.807, 2.05) is 12.3 Å². The lowest BCUT2D eigenvalue weighted by Gasteiger charge is -2.14. The van der Waals surface area contributed by atoms with Gasteiger partial charge in [0.25, 0.3) is 10.0 Å². The highest BCUT2D eigenvalue weighted by atomic mass is 32.2. The maximum absolute atomic E-state index is 13.8. The third kappa shape index (κ3) is 4.28. The van der Waals surface area contributed by atoms with Crippen molar-refractivity contribution in [3.05, 3.63) is 58.2 Å². The maximum Gasteiger partial charge on any atom is 0.265 e. The number of halogens is 1. The molecule has 3 aromatic rings. The molecule has 3 rings (SSSR count). The van der Waals surface area contributed by atoms with Gasteiger partial charge < -0.3 is 4.74 Å². The second-order valence-electron chi connectivity index (χ2n) is 5.92. The second-order valence-corrected chi connectivity index (χ2v) is 8.63. The summed E-state index contributed by atoms with van der Waals surface area (Å²) in [4.78, 5) is 4.38. The van der Waals surface area contributed by atoms with Gasteiger partial charge in [0.2, 0.25) is 0 Å². The van der Waals surface area contributed by atoms with E-state index in [1.54, 1.807) is 26.0 Å². The van der Waals surface area contributed by atoms with E-state index >= 15 is 0 Å². The number of thiazole rings is 1. The van der Waals surface area contributed by atoms with Gasteiger partial charge in [0.15, 0.2) is 0 Å². The molecule has 1 N–H and O–H groups in total. The van der Waals surface area contributed by atoms with Crippen molar-refractivity contribution >= 4 is 27.0 Å². The van der Waals surface area contributed by atoms with Gasteiger partial charge in [-0.3, -0.25) is 4.72 Å². The van der Waals surface area contributed by atoms with E-state index in [0.717, 1.165) is 11.1 Å². The molecular formula is C19H19FN2O3S2. The van der Waals surface area contributed by atoms with Crippen LogP contribution in [0.4, 0.5) is 10.1 Å². The number of anilines is 1. The molecule has 0 bridgehead atoms. The molecule has 0 aliphatic carbocycles. The van der Waals surface area contributed by atoms with Gasteiger partial charge in [-0.15, -0.1) is 11.3 Å². The number of ether oxygens (including phenoxy) is 1. The summed E-state index contributed by atoms with van der Waals surface area (Å²) in [6.45, 7) is 5.59. The van der Waals surface area contributed by atoms with E-state index in [0.29, 0.717) is 23.4 Å². The molecule has 8 heteroatoms. The smallest absolute Gasteiger partial charge is 0.265 e. The Hall–Kier alpha value is -2.45. The summed E-state index contributed by atoms with van der Waals surface area (Å²) in [5.74, 6) is -0.250.